The summed E-state index contributed by atoms with van der Waals surface area (Å²) >= 11 is 0. The Balaban J connectivity index is 1.68. The highest BCUT2D eigenvalue weighted by atomic mass is 16.6. The van der Waals surface area contributed by atoms with Gasteiger partial charge < -0.3 is 9.47 Å². The lowest BCUT2D eigenvalue weighted by Gasteiger charge is -2.52. The summed E-state index contributed by atoms with van der Waals surface area (Å²) in [6.07, 6.45) is 12.2. The Morgan fingerprint density at radius 1 is 1.27 bits per heavy atom. The summed E-state index contributed by atoms with van der Waals surface area (Å²) in [4.78, 5) is 11.8. The highest BCUT2D eigenvalue weighted by molar-refractivity contribution is 5.67. The van der Waals surface area contributed by atoms with Crippen molar-refractivity contribution in [3.63, 3.8) is 0 Å². The molecule has 0 radical (unpaired) electrons. The van der Waals surface area contributed by atoms with Crippen molar-refractivity contribution in [3.8, 4) is 18.1 Å². The molecule has 3 aliphatic carbocycles. The number of carbonyl (C=O) groups excluding carboxylic acids is 1. The summed E-state index contributed by atoms with van der Waals surface area (Å²) in [5, 5.41) is 0. The van der Waals surface area contributed by atoms with Crippen molar-refractivity contribution in [2.75, 3.05) is 7.11 Å². The van der Waals surface area contributed by atoms with Gasteiger partial charge in [-0.1, -0.05) is 18.9 Å². The second kappa shape index (κ2) is 6.05. The van der Waals surface area contributed by atoms with Gasteiger partial charge in [-0.15, -0.1) is 6.42 Å². The Morgan fingerprint density at radius 3 is 2.77 bits per heavy atom. The molecule has 1 aromatic carbocycles. The van der Waals surface area contributed by atoms with Gasteiger partial charge in [-0.25, -0.2) is 0 Å². The fourth-order valence-electron chi connectivity index (χ4n) is 6.36. The van der Waals surface area contributed by atoms with Crippen molar-refractivity contribution in [1.82, 2.24) is 0 Å². The standard InChI is InChI=1S/C23H28O3/c1-5-23(26-15(2)24)13-11-21-20-8-6-16-14-17(25-4)7-9-18(16)19(20)10-12-22(21,23)3/h1,7,9,14,19-21H,6,8,10-13H2,2-4H3/t19?,20?,21?,22?,23-/m0/s1. The first-order valence-electron chi connectivity index (χ1n) is 9.78. The highest BCUT2D eigenvalue weighted by Gasteiger charge is 2.63. The van der Waals surface area contributed by atoms with Gasteiger partial charge in [0, 0.05) is 12.3 Å². The molecule has 0 spiro atoms. The maximum Gasteiger partial charge on any atom is 0.304 e. The van der Waals surface area contributed by atoms with Crippen molar-refractivity contribution in [3.05, 3.63) is 29.3 Å². The molecular weight excluding hydrogens is 324 g/mol. The summed E-state index contributed by atoms with van der Waals surface area (Å²) in [6, 6.07) is 6.57. The minimum atomic E-state index is -0.728. The molecule has 26 heavy (non-hydrogen) atoms. The van der Waals surface area contributed by atoms with E-state index in [1.165, 1.54) is 24.5 Å². The van der Waals surface area contributed by atoms with E-state index < -0.39 is 5.60 Å². The number of fused-ring (bicyclic) bond motifs is 5. The fraction of sp³-hybridized carbons (Fsp3) is 0.609. The number of ether oxygens (including phenoxy) is 2. The van der Waals surface area contributed by atoms with Gasteiger partial charge >= 0.3 is 5.97 Å². The van der Waals surface area contributed by atoms with Crippen LogP contribution in [0.25, 0.3) is 0 Å². The van der Waals surface area contributed by atoms with Crippen LogP contribution in [-0.4, -0.2) is 18.7 Å². The van der Waals surface area contributed by atoms with Crippen LogP contribution in [0, 0.1) is 29.6 Å². The summed E-state index contributed by atoms with van der Waals surface area (Å²) in [6.45, 7) is 3.75. The molecule has 3 heteroatoms. The largest absolute Gasteiger partial charge is 0.497 e. The van der Waals surface area contributed by atoms with E-state index >= 15 is 0 Å². The number of rotatable bonds is 2. The third kappa shape index (κ3) is 2.31. The second-order valence-electron chi connectivity index (χ2n) is 8.54. The van der Waals surface area contributed by atoms with Gasteiger partial charge in [0.05, 0.1) is 7.11 Å². The topological polar surface area (TPSA) is 35.5 Å². The van der Waals surface area contributed by atoms with Crippen molar-refractivity contribution in [2.45, 2.75) is 63.9 Å². The van der Waals surface area contributed by atoms with Crippen LogP contribution in [0.15, 0.2) is 18.2 Å². The van der Waals surface area contributed by atoms with E-state index in [-0.39, 0.29) is 11.4 Å². The zero-order chi connectivity index (χ0) is 18.5. The maximum absolute atomic E-state index is 11.8. The summed E-state index contributed by atoms with van der Waals surface area (Å²) in [5.74, 6) is 5.35. The molecule has 0 bridgehead atoms. The number of benzene rings is 1. The lowest BCUT2D eigenvalue weighted by molar-refractivity contribution is -0.165. The molecule has 138 valence electrons. The third-order valence-corrected chi connectivity index (χ3v) is 7.60. The predicted molar refractivity (Wildman–Crippen MR) is 101 cm³/mol. The SMILES string of the molecule is C#C[C@]1(OC(C)=O)CCC2C3CCc4cc(OC)ccc4C3CCC21C. The average Bonchev–Trinajstić information content (AvgIpc) is 2.93. The van der Waals surface area contributed by atoms with Gasteiger partial charge in [0.2, 0.25) is 0 Å². The Hall–Kier alpha value is -1.95. The molecule has 4 unspecified atom stereocenters. The first-order valence-corrected chi connectivity index (χ1v) is 9.78. The first-order chi connectivity index (χ1) is 12.4. The quantitative estimate of drug-likeness (QED) is 0.581. The minimum absolute atomic E-state index is 0.113. The molecule has 1 aromatic rings. The van der Waals surface area contributed by atoms with Gasteiger partial charge in [0.15, 0.2) is 5.60 Å². The number of aryl methyl sites for hydroxylation is 1. The third-order valence-electron chi connectivity index (χ3n) is 7.60. The van der Waals surface area contributed by atoms with Crippen LogP contribution in [0.2, 0.25) is 0 Å². The van der Waals surface area contributed by atoms with E-state index in [1.807, 2.05) is 0 Å². The lowest BCUT2D eigenvalue weighted by Crippen LogP contribution is -2.52. The van der Waals surface area contributed by atoms with E-state index in [2.05, 4.69) is 31.0 Å². The molecular formula is C23H28O3. The predicted octanol–water partition coefficient (Wildman–Crippen LogP) is 4.49. The Morgan fingerprint density at radius 2 is 2.08 bits per heavy atom. The van der Waals surface area contributed by atoms with E-state index in [1.54, 1.807) is 7.11 Å². The molecule has 3 aliphatic rings. The molecule has 3 nitrogen and oxygen atoms in total. The van der Waals surface area contributed by atoms with Crippen molar-refractivity contribution in [2.24, 2.45) is 17.3 Å². The zero-order valence-corrected chi connectivity index (χ0v) is 16.0. The molecule has 4 rings (SSSR count). The molecule has 0 aromatic heterocycles. The Kier molecular flexibility index (Phi) is 4.06. The smallest absolute Gasteiger partial charge is 0.304 e. The van der Waals surface area contributed by atoms with E-state index in [4.69, 9.17) is 15.9 Å². The molecule has 0 saturated heterocycles. The molecule has 2 fully saturated rings. The van der Waals surface area contributed by atoms with Gasteiger partial charge in [-0.05, 0) is 79.5 Å². The first kappa shape index (κ1) is 17.5. The van der Waals surface area contributed by atoms with Crippen LogP contribution in [0.3, 0.4) is 0 Å². The normalized spacial score (nSPS) is 37.7. The van der Waals surface area contributed by atoms with Crippen LogP contribution >= 0.6 is 0 Å². The zero-order valence-electron chi connectivity index (χ0n) is 16.0. The molecule has 5 atom stereocenters. The van der Waals surface area contributed by atoms with Crippen LogP contribution in [0.4, 0.5) is 0 Å². The van der Waals surface area contributed by atoms with E-state index in [9.17, 15) is 4.79 Å². The molecule has 2 saturated carbocycles. The monoisotopic (exact) mass is 352 g/mol. The van der Waals surface area contributed by atoms with E-state index in [0.717, 1.165) is 37.9 Å². The molecule has 0 heterocycles. The van der Waals surface area contributed by atoms with Crippen LogP contribution in [0.5, 0.6) is 5.75 Å². The molecule has 0 N–H and O–H groups in total. The van der Waals surface area contributed by atoms with E-state index in [0.29, 0.717) is 17.8 Å². The maximum atomic E-state index is 11.8. The summed E-state index contributed by atoms with van der Waals surface area (Å²) in [5.41, 5.74) is 2.10. The summed E-state index contributed by atoms with van der Waals surface area (Å²) in [7, 11) is 1.73. The van der Waals surface area contributed by atoms with Crippen LogP contribution < -0.4 is 4.74 Å². The number of hydrogen-bond donors (Lipinski definition) is 0. The number of hydrogen-bond acceptors (Lipinski definition) is 3. The fourth-order valence-corrected chi connectivity index (χ4v) is 6.36. The van der Waals surface area contributed by atoms with Crippen LogP contribution in [-0.2, 0) is 16.0 Å². The minimum Gasteiger partial charge on any atom is -0.497 e. The molecule has 0 amide bonds. The average molecular weight is 352 g/mol. The number of carbonyl (C=O) groups is 1. The second-order valence-corrected chi connectivity index (χ2v) is 8.54. The highest BCUT2D eigenvalue weighted by Crippen LogP contribution is 2.65. The number of esters is 1. The molecule has 0 aliphatic heterocycles. The lowest BCUT2D eigenvalue weighted by atomic mass is 9.53. The summed E-state index contributed by atoms with van der Waals surface area (Å²) < 4.78 is 11.2. The number of methoxy groups -OCH3 is 1. The van der Waals surface area contributed by atoms with Gasteiger partial charge in [0.25, 0.3) is 0 Å². The Labute approximate surface area is 156 Å². The van der Waals surface area contributed by atoms with Gasteiger partial charge in [-0.3, -0.25) is 4.79 Å². The van der Waals surface area contributed by atoms with Crippen LogP contribution in [0.1, 0.15) is 63.0 Å². The number of terminal acetylenes is 1. The van der Waals surface area contributed by atoms with Gasteiger partial charge in [0.1, 0.15) is 5.75 Å². The van der Waals surface area contributed by atoms with Gasteiger partial charge in [-0.2, -0.15) is 0 Å². The Bertz CT molecular complexity index is 776. The van der Waals surface area contributed by atoms with Crippen molar-refractivity contribution >= 4 is 5.97 Å². The van der Waals surface area contributed by atoms with Crippen molar-refractivity contribution < 1.29 is 14.3 Å². The van der Waals surface area contributed by atoms with Crippen molar-refractivity contribution in [1.29, 1.82) is 0 Å².